The lowest BCUT2D eigenvalue weighted by Gasteiger charge is -2.36. The van der Waals surface area contributed by atoms with Gasteiger partial charge in [0.15, 0.2) is 6.23 Å². The molecule has 0 bridgehead atoms. The zero-order chi connectivity index (χ0) is 23.3. The molecule has 5 atom stereocenters. The molecule has 3 aliphatic rings. The number of rotatable bonds is 4. The number of aliphatic hydroxyl groups excluding tert-OH is 2. The molecular formula is C20H22FN2O8P. The number of hydrogen-bond acceptors (Lipinski definition) is 9. The molecule has 0 aliphatic carbocycles. The van der Waals surface area contributed by atoms with E-state index < -0.39 is 51.3 Å². The first-order chi connectivity index (χ1) is 15.0. The number of nitrogens with zero attached hydrogens (tertiary/aromatic N) is 1. The van der Waals surface area contributed by atoms with E-state index in [1.165, 1.54) is 0 Å². The highest BCUT2D eigenvalue weighted by molar-refractivity contribution is 7.49. The van der Waals surface area contributed by atoms with E-state index in [0.29, 0.717) is 11.3 Å². The number of phosphoric ester groups is 1. The molecule has 172 valence electrons. The zero-order valence-corrected chi connectivity index (χ0v) is 18.2. The molecule has 0 aromatic heterocycles. The minimum Gasteiger partial charge on any atom is -0.403 e. The van der Waals surface area contributed by atoms with Gasteiger partial charge in [-0.25, -0.2) is 8.96 Å². The average Bonchev–Trinajstić information content (AvgIpc) is 3.02. The van der Waals surface area contributed by atoms with Crippen LogP contribution in [-0.4, -0.2) is 52.2 Å². The van der Waals surface area contributed by atoms with Crippen LogP contribution < -0.4 is 9.84 Å². The van der Waals surface area contributed by atoms with E-state index in [1.54, 1.807) is 6.92 Å². The summed E-state index contributed by atoms with van der Waals surface area (Å²) in [5, 5.41) is 22.5. The molecule has 0 spiro atoms. The topological polar surface area (TPSA) is 127 Å². The smallest absolute Gasteiger partial charge is 0.403 e. The van der Waals surface area contributed by atoms with E-state index >= 15 is 4.39 Å². The Morgan fingerprint density at radius 3 is 2.91 bits per heavy atom. The predicted molar refractivity (Wildman–Crippen MR) is 107 cm³/mol. The third-order valence-corrected chi connectivity index (χ3v) is 6.50. The number of alkyl halides is 1. The Kier molecular flexibility index (Phi) is 5.79. The number of hydrogen-bond donors (Lipinski definition) is 3. The van der Waals surface area contributed by atoms with Gasteiger partial charge >= 0.3 is 7.82 Å². The second-order valence-corrected chi connectivity index (χ2v) is 9.39. The monoisotopic (exact) mass is 468 g/mol. The highest BCUT2D eigenvalue weighted by atomic mass is 31.2. The summed E-state index contributed by atoms with van der Waals surface area (Å²) >= 11 is 0. The van der Waals surface area contributed by atoms with Crippen molar-refractivity contribution in [3.8, 4) is 18.1 Å². The molecule has 0 radical (unpaired) electrons. The maximum Gasteiger partial charge on any atom is 0.530 e. The molecule has 3 aliphatic heterocycles. The number of halogens is 1. The number of phosphoric acid groups is 1. The second-order valence-electron chi connectivity index (χ2n) is 7.80. The fourth-order valence-electron chi connectivity index (χ4n) is 3.78. The lowest BCUT2D eigenvalue weighted by molar-refractivity contribution is -0.211. The Hall–Kier alpha value is -2.45. The van der Waals surface area contributed by atoms with E-state index in [-0.39, 0.29) is 12.2 Å². The molecule has 1 aromatic rings. The number of carbonyl (C=O) groups excluding carboxylic acids is 1. The van der Waals surface area contributed by atoms with Crippen LogP contribution in [0.4, 0.5) is 4.39 Å². The normalized spacial score (nSPS) is 34.2. The molecule has 3 N–H and O–H groups in total. The molecule has 4 rings (SSSR count). The molecule has 1 aromatic carbocycles. The third kappa shape index (κ3) is 4.26. The Labute approximate surface area is 183 Å². The standard InChI is InChI=1S/C20H22FN2O8P/c1-4-13-8-23(19(26)22-17(13)25)18-15(24)7-20(21,30-18)10-29-32(27)28-9-14-6-11(2)5-12(3)16(14)31-32/h1,5-6,8,15,18-19,24,26H,7,9-10H2,2-3H3,(H,22,25)/t15-,18-,19?,20+,32?/m1/s1. The molecule has 12 heteroatoms. The van der Waals surface area contributed by atoms with Crippen molar-refractivity contribution in [3.05, 3.63) is 40.6 Å². The Balaban J connectivity index is 1.45. The van der Waals surface area contributed by atoms with Gasteiger partial charge in [-0.2, -0.15) is 0 Å². The van der Waals surface area contributed by atoms with Crippen LogP contribution in [0.2, 0.25) is 0 Å². The lowest BCUT2D eigenvalue weighted by atomic mass is 10.1. The van der Waals surface area contributed by atoms with Gasteiger partial charge in [-0.1, -0.05) is 23.6 Å². The molecule has 1 saturated heterocycles. The zero-order valence-electron chi connectivity index (χ0n) is 17.3. The van der Waals surface area contributed by atoms with Gasteiger partial charge in [-0.15, -0.1) is 6.42 Å². The Morgan fingerprint density at radius 2 is 2.19 bits per heavy atom. The molecular weight excluding hydrogens is 446 g/mol. The molecule has 10 nitrogen and oxygen atoms in total. The number of amides is 1. The minimum absolute atomic E-state index is 0.0418. The first-order valence-electron chi connectivity index (χ1n) is 9.71. The fraction of sp³-hybridized carbons (Fsp3) is 0.450. The SMILES string of the molecule is C#CC1=CN([C@@H]2O[C@](F)(COP3(=O)OCc4cc(C)cc(C)c4O3)C[C@H]2O)C(O)NC1=O. The first kappa shape index (κ1) is 22.7. The van der Waals surface area contributed by atoms with Gasteiger partial charge < -0.3 is 29.7 Å². The van der Waals surface area contributed by atoms with Gasteiger partial charge in [0.25, 0.3) is 5.91 Å². The molecule has 1 amide bonds. The summed E-state index contributed by atoms with van der Waals surface area (Å²) in [6.45, 7) is 2.76. The minimum atomic E-state index is -4.15. The van der Waals surface area contributed by atoms with Crippen molar-refractivity contribution < 1.29 is 42.3 Å². The van der Waals surface area contributed by atoms with Gasteiger partial charge in [0.05, 0.1) is 6.61 Å². The summed E-state index contributed by atoms with van der Waals surface area (Å²) in [5.41, 5.74) is 2.26. The molecule has 0 saturated carbocycles. The van der Waals surface area contributed by atoms with Crippen LogP contribution >= 0.6 is 7.82 Å². The van der Waals surface area contributed by atoms with Crippen LogP contribution in [0.5, 0.6) is 5.75 Å². The summed E-state index contributed by atoms with van der Waals surface area (Å²) in [4.78, 5) is 12.7. The van der Waals surface area contributed by atoms with Gasteiger partial charge in [0, 0.05) is 18.2 Å². The molecule has 2 unspecified atom stereocenters. The Bertz CT molecular complexity index is 1070. The van der Waals surface area contributed by atoms with E-state index in [0.717, 1.165) is 22.2 Å². The van der Waals surface area contributed by atoms with Crippen LogP contribution in [0.1, 0.15) is 23.1 Å². The number of fused-ring (bicyclic) bond motifs is 1. The predicted octanol–water partition coefficient (Wildman–Crippen LogP) is 1.34. The largest absolute Gasteiger partial charge is 0.530 e. The number of benzene rings is 1. The van der Waals surface area contributed by atoms with Crippen LogP contribution in [0.25, 0.3) is 0 Å². The van der Waals surface area contributed by atoms with Crippen molar-refractivity contribution in [2.75, 3.05) is 6.61 Å². The van der Waals surface area contributed by atoms with Crippen molar-refractivity contribution in [3.63, 3.8) is 0 Å². The maximum atomic E-state index is 15.3. The number of ether oxygens (including phenoxy) is 1. The number of carbonyl (C=O) groups is 1. The fourth-order valence-corrected chi connectivity index (χ4v) is 5.09. The molecule has 3 heterocycles. The van der Waals surface area contributed by atoms with E-state index in [4.69, 9.17) is 24.7 Å². The van der Waals surface area contributed by atoms with Crippen molar-refractivity contribution >= 4 is 13.7 Å². The van der Waals surface area contributed by atoms with Gasteiger partial charge in [0.1, 0.15) is 24.0 Å². The summed E-state index contributed by atoms with van der Waals surface area (Å²) in [7, 11) is -4.15. The quantitative estimate of drug-likeness (QED) is 0.443. The van der Waals surface area contributed by atoms with Crippen molar-refractivity contribution in [1.82, 2.24) is 10.2 Å². The summed E-state index contributed by atoms with van der Waals surface area (Å²) in [6.07, 6.45) is 1.33. The molecule has 32 heavy (non-hydrogen) atoms. The van der Waals surface area contributed by atoms with Gasteiger partial charge in [-0.05, 0) is 19.4 Å². The Morgan fingerprint density at radius 1 is 1.44 bits per heavy atom. The van der Waals surface area contributed by atoms with Crippen LogP contribution in [-0.2, 0) is 29.8 Å². The summed E-state index contributed by atoms with van der Waals surface area (Å²) in [5.74, 6) is -0.808. The maximum absolute atomic E-state index is 15.3. The summed E-state index contributed by atoms with van der Waals surface area (Å²) < 4.78 is 49.3. The van der Waals surface area contributed by atoms with Crippen LogP contribution in [0.15, 0.2) is 23.9 Å². The lowest BCUT2D eigenvalue weighted by Crippen LogP contribution is -2.56. The van der Waals surface area contributed by atoms with Crippen molar-refractivity contribution in [2.24, 2.45) is 0 Å². The van der Waals surface area contributed by atoms with Crippen molar-refractivity contribution in [1.29, 1.82) is 0 Å². The summed E-state index contributed by atoms with van der Waals surface area (Å²) in [6, 6.07) is 3.66. The van der Waals surface area contributed by atoms with Gasteiger partial charge in [-0.3, -0.25) is 13.8 Å². The number of aliphatic hydroxyl groups is 2. The van der Waals surface area contributed by atoms with Gasteiger partial charge in [0.2, 0.25) is 12.2 Å². The van der Waals surface area contributed by atoms with E-state index in [2.05, 4.69) is 11.2 Å². The van der Waals surface area contributed by atoms with Crippen molar-refractivity contribution in [2.45, 2.75) is 51.4 Å². The number of nitrogens with one attached hydrogen (secondary N) is 1. The molecule has 1 fully saturated rings. The highest BCUT2D eigenvalue weighted by Crippen LogP contribution is 2.56. The third-order valence-electron chi connectivity index (χ3n) is 5.21. The highest BCUT2D eigenvalue weighted by Gasteiger charge is 2.52. The van der Waals surface area contributed by atoms with Crippen LogP contribution in [0, 0.1) is 26.2 Å². The second kappa shape index (κ2) is 8.15. The number of aryl methyl sites for hydroxylation is 2. The van der Waals surface area contributed by atoms with Crippen LogP contribution in [0.3, 0.4) is 0 Å². The van der Waals surface area contributed by atoms with E-state index in [9.17, 15) is 19.6 Å². The average molecular weight is 468 g/mol. The van der Waals surface area contributed by atoms with E-state index in [1.807, 2.05) is 19.1 Å². The first-order valence-corrected chi connectivity index (χ1v) is 11.2. The number of terminal acetylenes is 1.